The Morgan fingerprint density at radius 2 is 1.89 bits per heavy atom. The first-order chi connectivity index (χ1) is 8.50. The Labute approximate surface area is 114 Å². The van der Waals surface area contributed by atoms with Crippen molar-refractivity contribution in [3.8, 4) is 0 Å². The van der Waals surface area contributed by atoms with Crippen LogP contribution in [0.1, 0.15) is 57.1 Å². The SMILES string of the molecule is Cc1nc(NC(C)(C)CC(C)(C)C)ncc1C(=O)O. The molecule has 0 saturated heterocycles. The summed E-state index contributed by atoms with van der Waals surface area (Å²) in [6.45, 7) is 12.4. The van der Waals surface area contributed by atoms with Crippen molar-refractivity contribution in [1.82, 2.24) is 9.97 Å². The maximum absolute atomic E-state index is 10.9. The van der Waals surface area contributed by atoms with E-state index in [-0.39, 0.29) is 16.5 Å². The molecule has 0 atom stereocenters. The van der Waals surface area contributed by atoms with Gasteiger partial charge in [-0.3, -0.25) is 0 Å². The van der Waals surface area contributed by atoms with Crippen LogP contribution in [-0.4, -0.2) is 26.6 Å². The second-order valence-electron chi connectivity index (χ2n) is 6.74. The van der Waals surface area contributed by atoms with E-state index in [1.54, 1.807) is 6.92 Å². The maximum Gasteiger partial charge on any atom is 0.339 e. The van der Waals surface area contributed by atoms with Gasteiger partial charge in [0.1, 0.15) is 0 Å². The van der Waals surface area contributed by atoms with E-state index in [1.165, 1.54) is 6.20 Å². The molecular weight excluding hydrogens is 242 g/mol. The lowest BCUT2D eigenvalue weighted by molar-refractivity contribution is 0.0695. The quantitative estimate of drug-likeness (QED) is 0.875. The van der Waals surface area contributed by atoms with Crippen molar-refractivity contribution in [2.75, 3.05) is 5.32 Å². The number of carbonyl (C=O) groups is 1. The molecule has 0 radical (unpaired) electrons. The number of nitrogens with one attached hydrogen (secondary N) is 1. The number of aryl methyl sites for hydroxylation is 1. The maximum atomic E-state index is 10.9. The summed E-state index contributed by atoms with van der Waals surface area (Å²) in [5, 5.41) is 12.2. The molecule has 5 heteroatoms. The lowest BCUT2D eigenvalue weighted by atomic mass is 9.82. The van der Waals surface area contributed by atoms with Crippen molar-refractivity contribution in [2.24, 2.45) is 5.41 Å². The number of hydrogen-bond donors (Lipinski definition) is 2. The van der Waals surface area contributed by atoms with E-state index in [4.69, 9.17) is 5.11 Å². The van der Waals surface area contributed by atoms with Crippen molar-refractivity contribution >= 4 is 11.9 Å². The van der Waals surface area contributed by atoms with Gasteiger partial charge in [-0.1, -0.05) is 20.8 Å². The second kappa shape index (κ2) is 5.15. The van der Waals surface area contributed by atoms with E-state index in [9.17, 15) is 4.79 Å². The Kier molecular flexibility index (Phi) is 4.18. The van der Waals surface area contributed by atoms with Crippen molar-refractivity contribution in [3.63, 3.8) is 0 Å². The minimum atomic E-state index is -1.00. The third kappa shape index (κ3) is 4.85. The van der Waals surface area contributed by atoms with Crippen LogP contribution < -0.4 is 5.32 Å². The molecule has 0 bridgehead atoms. The summed E-state index contributed by atoms with van der Waals surface area (Å²) in [7, 11) is 0. The highest BCUT2D eigenvalue weighted by molar-refractivity contribution is 5.88. The van der Waals surface area contributed by atoms with Gasteiger partial charge in [0.05, 0.1) is 11.3 Å². The summed E-state index contributed by atoms with van der Waals surface area (Å²) >= 11 is 0. The summed E-state index contributed by atoms with van der Waals surface area (Å²) in [4.78, 5) is 19.2. The molecule has 19 heavy (non-hydrogen) atoms. The molecule has 0 aliphatic heterocycles. The number of aromatic nitrogens is 2. The molecule has 0 saturated carbocycles. The first kappa shape index (κ1) is 15.4. The van der Waals surface area contributed by atoms with Crippen LogP contribution in [0.5, 0.6) is 0 Å². The monoisotopic (exact) mass is 265 g/mol. The molecule has 1 aromatic heterocycles. The van der Waals surface area contributed by atoms with Gasteiger partial charge < -0.3 is 10.4 Å². The molecule has 106 valence electrons. The second-order valence-corrected chi connectivity index (χ2v) is 6.74. The van der Waals surface area contributed by atoms with Crippen molar-refractivity contribution in [3.05, 3.63) is 17.5 Å². The zero-order chi connectivity index (χ0) is 14.8. The van der Waals surface area contributed by atoms with E-state index in [0.29, 0.717) is 11.6 Å². The van der Waals surface area contributed by atoms with Crippen molar-refractivity contribution in [2.45, 2.75) is 53.5 Å². The largest absolute Gasteiger partial charge is 0.478 e. The lowest BCUT2D eigenvalue weighted by Gasteiger charge is -2.33. The molecule has 0 aliphatic rings. The molecule has 1 rings (SSSR count). The molecule has 0 fully saturated rings. The number of anilines is 1. The van der Waals surface area contributed by atoms with Crippen LogP contribution >= 0.6 is 0 Å². The molecule has 0 aromatic carbocycles. The van der Waals surface area contributed by atoms with Gasteiger partial charge in [0.25, 0.3) is 0 Å². The fourth-order valence-corrected chi connectivity index (χ4v) is 2.41. The number of nitrogens with zero attached hydrogens (tertiary/aromatic N) is 2. The highest BCUT2D eigenvalue weighted by Gasteiger charge is 2.26. The van der Waals surface area contributed by atoms with Gasteiger partial charge in [0.15, 0.2) is 0 Å². The smallest absolute Gasteiger partial charge is 0.339 e. The third-order valence-electron chi connectivity index (χ3n) is 2.63. The van der Waals surface area contributed by atoms with Crippen LogP contribution in [0.25, 0.3) is 0 Å². The minimum absolute atomic E-state index is 0.138. The van der Waals surface area contributed by atoms with Crippen LogP contribution in [-0.2, 0) is 0 Å². The van der Waals surface area contributed by atoms with E-state index >= 15 is 0 Å². The molecule has 5 nitrogen and oxygen atoms in total. The van der Waals surface area contributed by atoms with E-state index in [1.807, 2.05) is 0 Å². The van der Waals surface area contributed by atoms with Crippen LogP contribution in [0, 0.1) is 12.3 Å². The Balaban J connectivity index is 2.88. The van der Waals surface area contributed by atoms with Gasteiger partial charge in [-0.15, -0.1) is 0 Å². The van der Waals surface area contributed by atoms with Crippen LogP contribution in [0.4, 0.5) is 5.95 Å². The summed E-state index contributed by atoms with van der Waals surface area (Å²) in [6.07, 6.45) is 2.29. The Morgan fingerprint density at radius 1 is 1.32 bits per heavy atom. The number of rotatable bonds is 4. The van der Waals surface area contributed by atoms with Gasteiger partial charge in [-0.2, -0.15) is 0 Å². The molecule has 0 unspecified atom stereocenters. The van der Waals surface area contributed by atoms with Crippen molar-refractivity contribution < 1.29 is 9.90 Å². The van der Waals surface area contributed by atoms with E-state index in [2.05, 4.69) is 49.9 Å². The average molecular weight is 265 g/mol. The van der Waals surface area contributed by atoms with Gasteiger partial charge in [-0.25, -0.2) is 14.8 Å². The molecule has 1 aromatic rings. The molecule has 2 N–H and O–H groups in total. The van der Waals surface area contributed by atoms with E-state index < -0.39 is 5.97 Å². The minimum Gasteiger partial charge on any atom is -0.478 e. The number of hydrogen-bond acceptors (Lipinski definition) is 4. The topological polar surface area (TPSA) is 75.1 Å². The van der Waals surface area contributed by atoms with Gasteiger partial charge in [0.2, 0.25) is 5.95 Å². The number of aromatic carboxylic acids is 1. The van der Waals surface area contributed by atoms with Gasteiger partial charge >= 0.3 is 5.97 Å². The highest BCUT2D eigenvalue weighted by Crippen LogP contribution is 2.28. The third-order valence-corrected chi connectivity index (χ3v) is 2.63. The molecule has 0 aliphatic carbocycles. The summed E-state index contributed by atoms with van der Waals surface area (Å²) in [6, 6.07) is 0. The van der Waals surface area contributed by atoms with Gasteiger partial charge in [-0.05, 0) is 32.6 Å². The number of carboxylic acids is 1. The fraction of sp³-hybridized carbons (Fsp3) is 0.643. The predicted molar refractivity (Wildman–Crippen MR) is 75.5 cm³/mol. The predicted octanol–water partition coefficient (Wildman–Crippen LogP) is 3.11. The summed E-state index contributed by atoms with van der Waals surface area (Å²) < 4.78 is 0. The lowest BCUT2D eigenvalue weighted by Crippen LogP contribution is -2.36. The molecular formula is C14H23N3O2. The normalized spacial score (nSPS) is 12.3. The Hall–Kier alpha value is -1.65. The van der Waals surface area contributed by atoms with Crippen LogP contribution in [0.3, 0.4) is 0 Å². The number of carboxylic acid groups (broad SMARTS) is 1. The zero-order valence-corrected chi connectivity index (χ0v) is 12.5. The first-order valence-corrected chi connectivity index (χ1v) is 6.35. The standard InChI is InChI=1S/C14H23N3O2/c1-9-10(11(18)19)7-15-12(16-9)17-14(5,6)8-13(2,3)4/h7H,8H2,1-6H3,(H,18,19)(H,15,16,17). The first-order valence-electron chi connectivity index (χ1n) is 6.35. The molecule has 1 heterocycles. The fourth-order valence-electron chi connectivity index (χ4n) is 2.41. The Morgan fingerprint density at radius 3 is 2.32 bits per heavy atom. The van der Waals surface area contributed by atoms with Crippen LogP contribution in [0.2, 0.25) is 0 Å². The summed E-state index contributed by atoms with van der Waals surface area (Å²) in [5.41, 5.74) is 0.637. The van der Waals surface area contributed by atoms with Crippen molar-refractivity contribution in [1.29, 1.82) is 0 Å². The van der Waals surface area contributed by atoms with Gasteiger partial charge in [0, 0.05) is 11.7 Å². The molecule has 0 amide bonds. The highest BCUT2D eigenvalue weighted by atomic mass is 16.4. The van der Waals surface area contributed by atoms with E-state index in [0.717, 1.165) is 6.42 Å². The molecule has 0 spiro atoms. The summed E-state index contributed by atoms with van der Waals surface area (Å²) in [5.74, 6) is -0.533. The zero-order valence-electron chi connectivity index (χ0n) is 12.5. The van der Waals surface area contributed by atoms with Crippen LogP contribution in [0.15, 0.2) is 6.20 Å². The average Bonchev–Trinajstić information content (AvgIpc) is 2.11. The Bertz CT molecular complexity index is 476.